The quantitative estimate of drug-likeness (QED) is 0.256. The summed E-state index contributed by atoms with van der Waals surface area (Å²) in [5, 5.41) is 15.0. The highest BCUT2D eigenvalue weighted by Gasteiger charge is 2.19. The van der Waals surface area contributed by atoms with Crippen LogP contribution in [-0.2, 0) is 27.2 Å². The van der Waals surface area contributed by atoms with Gasteiger partial charge in [0.1, 0.15) is 12.2 Å². The lowest BCUT2D eigenvalue weighted by atomic mass is 9.95. The van der Waals surface area contributed by atoms with Crippen molar-refractivity contribution < 1.29 is 14.3 Å². The largest absolute Gasteiger partial charge is 0.469 e. The van der Waals surface area contributed by atoms with Crippen LogP contribution in [0.3, 0.4) is 0 Å². The third kappa shape index (κ3) is 6.63. The number of amides is 1. The fourth-order valence-corrected chi connectivity index (χ4v) is 5.12. The molecule has 5 rings (SSSR count). The molecule has 10 nitrogen and oxygen atoms in total. The molecule has 4 aromatic rings. The number of tetrazole rings is 1. The van der Waals surface area contributed by atoms with E-state index in [0.29, 0.717) is 22.1 Å². The lowest BCUT2D eigenvalue weighted by Gasteiger charge is -2.17. The summed E-state index contributed by atoms with van der Waals surface area (Å²) in [5.74, 6) is 0.205. The Labute approximate surface area is 236 Å². The molecule has 3 heterocycles. The lowest BCUT2D eigenvalue weighted by Crippen LogP contribution is -2.27. The first-order valence-corrected chi connectivity index (χ1v) is 13.6. The van der Waals surface area contributed by atoms with Crippen LogP contribution >= 0.6 is 11.6 Å². The standard InChI is InChI=1S/C29H30ClN7O3/c1-40-28(39)15-19-8-11-23-20(14-19)6-4-2-3-5-7-24(29-31-17-25(23)34-29)33-27(38)13-9-21-16-22(30)10-12-26(21)37-18-32-35-36-37/h8-14,16-18,24H,2-7,15H2,1H3,(H,31,34)(H,33,38)/b13-9+/t24-/m0/s1. The zero-order chi connectivity index (χ0) is 27.9. The van der Waals surface area contributed by atoms with Crippen LogP contribution < -0.4 is 5.32 Å². The number of benzene rings is 2. The molecule has 1 amide bonds. The number of aromatic amines is 1. The molecular weight excluding hydrogens is 530 g/mol. The second kappa shape index (κ2) is 12.7. The van der Waals surface area contributed by atoms with Crippen LogP contribution in [0.5, 0.6) is 0 Å². The molecule has 1 aliphatic rings. The molecule has 0 aliphatic carbocycles. The van der Waals surface area contributed by atoms with E-state index in [1.54, 1.807) is 24.3 Å². The second-order valence-corrected chi connectivity index (χ2v) is 10.2. The summed E-state index contributed by atoms with van der Waals surface area (Å²) in [6.07, 6.45) is 12.5. The topological polar surface area (TPSA) is 128 Å². The number of aryl methyl sites for hydroxylation is 1. The number of halogens is 1. The van der Waals surface area contributed by atoms with E-state index in [2.05, 4.69) is 36.9 Å². The Morgan fingerprint density at radius 3 is 2.88 bits per heavy atom. The molecule has 2 bridgehead atoms. The summed E-state index contributed by atoms with van der Waals surface area (Å²) in [6.45, 7) is 0. The van der Waals surface area contributed by atoms with Gasteiger partial charge < -0.3 is 15.0 Å². The fourth-order valence-electron chi connectivity index (χ4n) is 4.94. The van der Waals surface area contributed by atoms with Gasteiger partial charge in [0, 0.05) is 22.2 Å². The minimum Gasteiger partial charge on any atom is -0.469 e. The number of nitrogens with zero attached hydrogens (tertiary/aromatic N) is 5. The van der Waals surface area contributed by atoms with E-state index < -0.39 is 0 Å². The third-order valence-electron chi connectivity index (χ3n) is 6.97. The van der Waals surface area contributed by atoms with E-state index in [9.17, 15) is 9.59 Å². The Bertz CT molecular complexity index is 1510. The predicted octanol–water partition coefficient (Wildman–Crippen LogP) is 4.80. The van der Waals surface area contributed by atoms with E-state index in [1.807, 2.05) is 18.3 Å². The number of hydrogen-bond donors (Lipinski definition) is 2. The molecule has 0 unspecified atom stereocenters. The van der Waals surface area contributed by atoms with E-state index in [-0.39, 0.29) is 24.3 Å². The van der Waals surface area contributed by atoms with Crippen molar-refractivity contribution in [2.75, 3.05) is 7.11 Å². The summed E-state index contributed by atoms with van der Waals surface area (Å²) in [5.41, 5.74) is 5.44. The van der Waals surface area contributed by atoms with E-state index in [1.165, 1.54) is 29.8 Å². The van der Waals surface area contributed by atoms with Crippen molar-refractivity contribution in [2.24, 2.45) is 0 Å². The van der Waals surface area contributed by atoms with Gasteiger partial charge in [-0.25, -0.2) is 4.98 Å². The highest BCUT2D eigenvalue weighted by molar-refractivity contribution is 6.30. The molecule has 206 valence electrons. The monoisotopic (exact) mass is 559 g/mol. The number of aromatic nitrogens is 6. The van der Waals surface area contributed by atoms with Crippen LogP contribution in [0.4, 0.5) is 0 Å². The first-order valence-electron chi connectivity index (χ1n) is 13.3. The molecule has 40 heavy (non-hydrogen) atoms. The average molecular weight is 560 g/mol. The predicted molar refractivity (Wildman–Crippen MR) is 151 cm³/mol. The summed E-state index contributed by atoms with van der Waals surface area (Å²) in [7, 11) is 1.40. The van der Waals surface area contributed by atoms with Gasteiger partial charge in [0.2, 0.25) is 5.91 Å². The van der Waals surface area contributed by atoms with Crippen molar-refractivity contribution in [3.05, 3.63) is 82.5 Å². The fraction of sp³-hybridized carbons (Fsp3) is 0.310. The molecule has 0 fully saturated rings. The number of fused-ring (bicyclic) bond motifs is 4. The number of carbonyl (C=O) groups excluding carboxylic acids is 2. The normalized spacial score (nSPS) is 15.6. The number of imidazole rings is 1. The van der Waals surface area contributed by atoms with Crippen molar-refractivity contribution in [1.82, 2.24) is 35.5 Å². The SMILES string of the molecule is COC(=O)Cc1ccc2c(c1)CCCCCC[C@H](NC(=O)/C=C/c1cc(Cl)ccc1-n1cnnn1)c1ncc-2[nH]1. The molecule has 2 aromatic heterocycles. The minimum atomic E-state index is -0.272. The van der Waals surface area contributed by atoms with Crippen LogP contribution in [-0.4, -0.2) is 49.2 Å². The minimum absolute atomic E-state index is 0.242. The van der Waals surface area contributed by atoms with Crippen LogP contribution in [0, 0.1) is 0 Å². The zero-order valence-electron chi connectivity index (χ0n) is 22.1. The van der Waals surface area contributed by atoms with Crippen molar-refractivity contribution >= 4 is 29.6 Å². The van der Waals surface area contributed by atoms with Crippen molar-refractivity contribution in [3.63, 3.8) is 0 Å². The number of rotatable bonds is 6. The van der Waals surface area contributed by atoms with E-state index >= 15 is 0 Å². The third-order valence-corrected chi connectivity index (χ3v) is 7.20. The summed E-state index contributed by atoms with van der Waals surface area (Å²) in [6, 6.07) is 11.1. The Kier molecular flexibility index (Phi) is 8.65. The van der Waals surface area contributed by atoms with Crippen molar-refractivity contribution in [2.45, 2.75) is 51.0 Å². The van der Waals surface area contributed by atoms with Gasteiger partial charge in [-0.1, -0.05) is 49.1 Å². The first kappa shape index (κ1) is 27.3. The molecule has 1 aliphatic heterocycles. The van der Waals surface area contributed by atoms with Gasteiger partial charge in [-0.2, -0.15) is 4.68 Å². The Balaban J connectivity index is 1.36. The summed E-state index contributed by atoms with van der Waals surface area (Å²) in [4.78, 5) is 32.9. The maximum atomic E-state index is 13.1. The summed E-state index contributed by atoms with van der Waals surface area (Å²) < 4.78 is 6.35. The number of carbonyl (C=O) groups is 2. The number of nitrogens with one attached hydrogen (secondary N) is 2. The number of hydrogen-bond acceptors (Lipinski definition) is 7. The van der Waals surface area contributed by atoms with Crippen LogP contribution in [0.1, 0.15) is 60.7 Å². The number of esters is 1. The van der Waals surface area contributed by atoms with Gasteiger partial charge in [-0.3, -0.25) is 9.59 Å². The number of ether oxygens (including phenoxy) is 1. The highest BCUT2D eigenvalue weighted by Crippen LogP contribution is 2.29. The Morgan fingerprint density at radius 2 is 2.05 bits per heavy atom. The molecule has 0 spiro atoms. The molecule has 2 N–H and O–H groups in total. The van der Waals surface area contributed by atoms with Gasteiger partial charge in [-0.05, 0) is 65.1 Å². The van der Waals surface area contributed by atoms with Crippen LogP contribution in [0.2, 0.25) is 5.02 Å². The lowest BCUT2D eigenvalue weighted by molar-refractivity contribution is -0.139. The average Bonchev–Trinajstić information content (AvgIpc) is 3.66. The maximum absolute atomic E-state index is 13.1. The molecule has 0 saturated carbocycles. The van der Waals surface area contributed by atoms with Crippen molar-refractivity contribution in [1.29, 1.82) is 0 Å². The number of H-pyrrole nitrogens is 1. The maximum Gasteiger partial charge on any atom is 0.309 e. The van der Waals surface area contributed by atoms with Gasteiger partial charge in [0.25, 0.3) is 0 Å². The van der Waals surface area contributed by atoms with E-state index in [0.717, 1.165) is 55.3 Å². The molecule has 1 atom stereocenters. The van der Waals surface area contributed by atoms with Crippen molar-refractivity contribution in [3.8, 4) is 16.9 Å². The molecule has 0 saturated heterocycles. The zero-order valence-corrected chi connectivity index (χ0v) is 22.9. The highest BCUT2D eigenvalue weighted by atomic mass is 35.5. The second-order valence-electron chi connectivity index (χ2n) is 9.73. The van der Waals surface area contributed by atoms with Crippen LogP contribution in [0.15, 0.2) is 55.0 Å². The Morgan fingerprint density at radius 1 is 1.18 bits per heavy atom. The molecule has 0 radical (unpaired) electrons. The van der Waals surface area contributed by atoms with Gasteiger partial charge in [-0.15, -0.1) is 5.10 Å². The molecule has 11 heteroatoms. The van der Waals surface area contributed by atoms with E-state index in [4.69, 9.17) is 16.3 Å². The number of methoxy groups -OCH3 is 1. The summed E-state index contributed by atoms with van der Waals surface area (Å²) >= 11 is 6.21. The van der Waals surface area contributed by atoms with Gasteiger partial charge in [0.15, 0.2) is 0 Å². The van der Waals surface area contributed by atoms with Gasteiger partial charge >= 0.3 is 5.97 Å². The smallest absolute Gasteiger partial charge is 0.309 e. The molecule has 2 aromatic carbocycles. The Hall–Kier alpha value is -4.31. The van der Waals surface area contributed by atoms with Crippen LogP contribution in [0.25, 0.3) is 23.0 Å². The van der Waals surface area contributed by atoms with Gasteiger partial charge in [0.05, 0.1) is 37.2 Å². The first-order chi connectivity index (χ1) is 19.5. The molecular formula is C29H30ClN7O3.